The van der Waals surface area contributed by atoms with Crippen LogP contribution in [-0.2, 0) is 14.8 Å². The molecular formula is C13H23ClN2O4S. The van der Waals surface area contributed by atoms with Crippen molar-refractivity contribution in [3.63, 3.8) is 0 Å². The van der Waals surface area contributed by atoms with Crippen molar-refractivity contribution in [1.82, 2.24) is 4.72 Å². The minimum absolute atomic E-state index is 0. The summed E-state index contributed by atoms with van der Waals surface area (Å²) in [5, 5.41) is 0. The summed E-state index contributed by atoms with van der Waals surface area (Å²) in [6.45, 7) is 1.88. The molecule has 0 heterocycles. The Bertz CT molecular complexity index is 479. The zero-order valence-corrected chi connectivity index (χ0v) is 13.7. The second-order valence-electron chi connectivity index (χ2n) is 4.21. The molecule has 21 heavy (non-hydrogen) atoms. The number of hydrogen-bond acceptors (Lipinski definition) is 5. The van der Waals surface area contributed by atoms with Crippen molar-refractivity contribution in [2.45, 2.75) is 17.7 Å². The first kappa shape index (κ1) is 20.1. The van der Waals surface area contributed by atoms with Gasteiger partial charge in [-0.25, -0.2) is 13.1 Å². The van der Waals surface area contributed by atoms with E-state index in [0.29, 0.717) is 32.1 Å². The molecule has 0 aliphatic rings. The largest absolute Gasteiger partial charge is 0.491 e. The molecule has 122 valence electrons. The van der Waals surface area contributed by atoms with Crippen LogP contribution in [0.4, 0.5) is 0 Å². The van der Waals surface area contributed by atoms with Crippen LogP contribution in [0.3, 0.4) is 0 Å². The zero-order valence-electron chi connectivity index (χ0n) is 12.1. The Balaban J connectivity index is 0.00000400. The summed E-state index contributed by atoms with van der Waals surface area (Å²) in [4.78, 5) is 0.226. The van der Waals surface area contributed by atoms with E-state index in [0.717, 1.165) is 12.8 Å². The minimum atomic E-state index is -3.45. The zero-order chi connectivity index (χ0) is 14.8. The van der Waals surface area contributed by atoms with Gasteiger partial charge in [-0.05, 0) is 43.7 Å². The van der Waals surface area contributed by atoms with Crippen molar-refractivity contribution in [2.24, 2.45) is 5.73 Å². The number of halogens is 1. The van der Waals surface area contributed by atoms with Crippen LogP contribution in [0.25, 0.3) is 0 Å². The van der Waals surface area contributed by atoms with Crippen molar-refractivity contribution in [3.8, 4) is 5.75 Å². The molecule has 0 aromatic heterocycles. The van der Waals surface area contributed by atoms with Crippen LogP contribution in [0.5, 0.6) is 5.75 Å². The van der Waals surface area contributed by atoms with E-state index in [1.54, 1.807) is 19.2 Å². The number of methoxy groups -OCH3 is 1. The van der Waals surface area contributed by atoms with Gasteiger partial charge in [0.1, 0.15) is 12.4 Å². The van der Waals surface area contributed by atoms with Crippen LogP contribution < -0.4 is 15.2 Å². The molecule has 3 N–H and O–H groups in total. The Morgan fingerprint density at radius 3 is 2.38 bits per heavy atom. The minimum Gasteiger partial charge on any atom is -0.491 e. The first-order chi connectivity index (χ1) is 9.60. The van der Waals surface area contributed by atoms with Gasteiger partial charge in [0.25, 0.3) is 0 Å². The highest BCUT2D eigenvalue weighted by Gasteiger charge is 2.12. The van der Waals surface area contributed by atoms with Gasteiger partial charge < -0.3 is 15.2 Å². The maximum atomic E-state index is 12.0. The first-order valence-electron chi connectivity index (χ1n) is 6.51. The SMILES string of the molecule is COCCOc1ccc(S(=O)(=O)NCCCCN)cc1.Cl. The third kappa shape index (κ3) is 7.63. The second kappa shape index (κ2) is 10.8. The van der Waals surface area contributed by atoms with Crippen molar-refractivity contribution < 1.29 is 17.9 Å². The highest BCUT2D eigenvalue weighted by Crippen LogP contribution is 2.15. The molecule has 0 spiro atoms. The number of rotatable bonds is 10. The quantitative estimate of drug-likeness (QED) is 0.624. The number of nitrogens with two attached hydrogens (primary N) is 1. The fourth-order valence-electron chi connectivity index (χ4n) is 1.52. The number of hydrogen-bond donors (Lipinski definition) is 2. The monoisotopic (exact) mass is 338 g/mol. The molecule has 6 nitrogen and oxygen atoms in total. The van der Waals surface area contributed by atoms with Crippen LogP contribution >= 0.6 is 12.4 Å². The van der Waals surface area contributed by atoms with Gasteiger partial charge in [0.2, 0.25) is 10.0 Å². The summed E-state index contributed by atoms with van der Waals surface area (Å²) >= 11 is 0. The number of unbranched alkanes of at least 4 members (excludes halogenated alkanes) is 1. The van der Waals surface area contributed by atoms with Gasteiger partial charge in [-0.1, -0.05) is 0 Å². The molecule has 0 radical (unpaired) electrons. The highest BCUT2D eigenvalue weighted by molar-refractivity contribution is 7.89. The third-order valence-electron chi connectivity index (χ3n) is 2.61. The maximum Gasteiger partial charge on any atom is 0.240 e. The Labute approximate surface area is 132 Å². The molecule has 0 fully saturated rings. The fraction of sp³-hybridized carbons (Fsp3) is 0.538. The summed E-state index contributed by atoms with van der Waals surface area (Å²) in [5.74, 6) is 0.615. The van der Waals surface area contributed by atoms with Crippen LogP contribution in [0.2, 0.25) is 0 Å². The molecule has 1 rings (SSSR count). The Hall–Kier alpha value is -0.860. The fourth-order valence-corrected chi connectivity index (χ4v) is 2.59. The molecule has 0 unspecified atom stereocenters. The molecule has 0 bridgehead atoms. The summed E-state index contributed by atoms with van der Waals surface area (Å²) in [6.07, 6.45) is 1.53. The molecule has 1 aromatic rings. The van der Waals surface area contributed by atoms with E-state index in [2.05, 4.69) is 4.72 Å². The lowest BCUT2D eigenvalue weighted by Crippen LogP contribution is -2.25. The predicted octanol–water partition coefficient (Wildman–Crippen LogP) is 1.15. The van der Waals surface area contributed by atoms with Crippen molar-refractivity contribution in [2.75, 3.05) is 33.4 Å². The van der Waals surface area contributed by atoms with Crippen LogP contribution in [-0.4, -0.2) is 41.8 Å². The highest BCUT2D eigenvalue weighted by atomic mass is 35.5. The average Bonchev–Trinajstić information content (AvgIpc) is 2.45. The first-order valence-corrected chi connectivity index (χ1v) is 8.00. The van der Waals surface area contributed by atoms with E-state index < -0.39 is 10.0 Å². The summed E-state index contributed by atoms with van der Waals surface area (Å²) < 4.78 is 36.7. The van der Waals surface area contributed by atoms with Gasteiger partial charge in [0.05, 0.1) is 11.5 Å². The molecule has 0 aliphatic carbocycles. The van der Waals surface area contributed by atoms with E-state index in [1.165, 1.54) is 12.1 Å². The lowest BCUT2D eigenvalue weighted by Gasteiger charge is -2.08. The summed E-state index contributed by atoms with van der Waals surface area (Å²) in [6, 6.07) is 6.30. The number of benzene rings is 1. The average molecular weight is 339 g/mol. The molecule has 0 atom stereocenters. The van der Waals surface area contributed by atoms with E-state index in [-0.39, 0.29) is 17.3 Å². The number of nitrogens with one attached hydrogen (secondary N) is 1. The van der Waals surface area contributed by atoms with Gasteiger partial charge in [-0.3, -0.25) is 0 Å². The van der Waals surface area contributed by atoms with E-state index in [9.17, 15) is 8.42 Å². The Kier molecular flexibility index (Phi) is 10.4. The van der Waals surface area contributed by atoms with Crippen molar-refractivity contribution in [3.05, 3.63) is 24.3 Å². The standard InChI is InChI=1S/C13H22N2O4S.ClH/c1-18-10-11-19-12-4-6-13(7-5-12)20(16,17)15-9-3-2-8-14;/h4-7,15H,2-3,8-11,14H2,1H3;1H. The van der Waals surface area contributed by atoms with Gasteiger partial charge in [-0.2, -0.15) is 0 Å². The molecule has 8 heteroatoms. The van der Waals surface area contributed by atoms with E-state index >= 15 is 0 Å². The van der Waals surface area contributed by atoms with E-state index in [1.807, 2.05) is 0 Å². The third-order valence-corrected chi connectivity index (χ3v) is 4.09. The maximum absolute atomic E-state index is 12.0. The summed E-state index contributed by atoms with van der Waals surface area (Å²) in [7, 11) is -1.86. The van der Waals surface area contributed by atoms with E-state index in [4.69, 9.17) is 15.2 Å². The normalized spacial score (nSPS) is 11.0. The van der Waals surface area contributed by atoms with Gasteiger partial charge >= 0.3 is 0 Å². The van der Waals surface area contributed by atoms with Crippen LogP contribution in [0.1, 0.15) is 12.8 Å². The lowest BCUT2D eigenvalue weighted by molar-refractivity contribution is 0.146. The van der Waals surface area contributed by atoms with Crippen molar-refractivity contribution in [1.29, 1.82) is 0 Å². The molecule has 0 saturated carbocycles. The lowest BCUT2D eigenvalue weighted by atomic mass is 10.3. The van der Waals surface area contributed by atoms with Crippen LogP contribution in [0, 0.1) is 0 Å². The smallest absolute Gasteiger partial charge is 0.240 e. The Morgan fingerprint density at radius 2 is 1.81 bits per heavy atom. The summed E-state index contributed by atoms with van der Waals surface area (Å²) in [5.41, 5.74) is 5.36. The molecule has 0 aliphatic heterocycles. The predicted molar refractivity (Wildman–Crippen MR) is 84.5 cm³/mol. The topological polar surface area (TPSA) is 90.6 Å². The van der Waals surface area contributed by atoms with Gasteiger partial charge in [-0.15, -0.1) is 12.4 Å². The van der Waals surface area contributed by atoms with Crippen molar-refractivity contribution >= 4 is 22.4 Å². The Morgan fingerprint density at radius 1 is 1.14 bits per heavy atom. The molecule has 0 saturated heterocycles. The van der Waals surface area contributed by atoms with Crippen LogP contribution in [0.15, 0.2) is 29.2 Å². The molecular weight excluding hydrogens is 316 g/mol. The van der Waals surface area contributed by atoms with Gasteiger partial charge in [0, 0.05) is 13.7 Å². The number of sulfonamides is 1. The second-order valence-corrected chi connectivity index (χ2v) is 5.97. The molecule has 0 amide bonds. The molecule has 1 aromatic carbocycles. The number of ether oxygens (including phenoxy) is 2. The van der Waals surface area contributed by atoms with Gasteiger partial charge in [0.15, 0.2) is 0 Å².